The summed E-state index contributed by atoms with van der Waals surface area (Å²) in [5, 5.41) is 0.299. The van der Waals surface area contributed by atoms with E-state index in [-0.39, 0.29) is 11.1 Å². The molecule has 1 aromatic carbocycles. The van der Waals surface area contributed by atoms with Gasteiger partial charge in [0.25, 0.3) is 0 Å². The molecule has 0 saturated heterocycles. The molecule has 0 aliphatic heterocycles. The van der Waals surface area contributed by atoms with Crippen LogP contribution < -0.4 is 5.73 Å². The Morgan fingerprint density at radius 3 is 2.69 bits per heavy atom. The van der Waals surface area contributed by atoms with E-state index in [1.165, 1.54) is 18.4 Å². The van der Waals surface area contributed by atoms with Crippen molar-refractivity contribution >= 4 is 11.0 Å². The van der Waals surface area contributed by atoms with Crippen LogP contribution in [-0.4, -0.2) is 0 Å². The molecule has 0 amide bonds. The van der Waals surface area contributed by atoms with Crippen molar-refractivity contribution in [1.82, 2.24) is 0 Å². The van der Waals surface area contributed by atoms with Gasteiger partial charge in [-0.05, 0) is 25.3 Å². The van der Waals surface area contributed by atoms with Crippen LogP contribution in [0.1, 0.15) is 24.8 Å². The fourth-order valence-corrected chi connectivity index (χ4v) is 2.30. The second kappa shape index (κ2) is 3.04. The summed E-state index contributed by atoms with van der Waals surface area (Å²) in [6.07, 6.45) is 3.52. The van der Waals surface area contributed by atoms with Crippen LogP contribution in [0.5, 0.6) is 0 Å². The summed E-state index contributed by atoms with van der Waals surface area (Å²) in [4.78, 5) is 0. The van der Waals surface area contributed by atoms with E-state index < -0.39 is 17.2 Å². The zero-order valence-electron chi connectivity index (χ0n) is 8.59. The van der Waals surface area contributed by atoms with Gasteiger partial charge in [-0.2, -0.15) is 0 Å². The molecule has 0 atom stereocenters. The highest BCUT2D eigenvalue weighted by Gasteiger charge is 2.39. The Morgan fingerprint density at radius 1 is 1.31 bits per heavy atom. The zero-order chi connectivity index (χ0) is 11.3. The van der Waals surface area contributed by atoms with Crippen molar-refractivity contribution in [2.75, 3.05) is 0 Å². The maximum Gasteiger partial charge on any atom is 0.142 e. The zero-order valence-corrected chi connectivity index (χ0v) is 8.59. The van der Waals surface area contributed by atoms with Gasteiger partial charge in [0.2, 0.25) is 0 Å². The third-order valence-corrected chi connectivity index (χ3v) is 3.39. The number of halogens is 2. The molecule has 0 bridgehead atoms. The lowest BCUT2D eigenvalue weighted by Gasteiger charge is -2.38. The third-order valence-electron chi connectivity index (χ3n) is 3.39. The van der Waals surface area contributed by atoms with Crippen molar-refractivity contribution in [2.45, 2.75) is 24.8 Å². The second-order valence-electron chi connectivity index (χ2n) is 4.39. The largest absolute Gasteiger partial charge is 0.464 e. The minimum atomic E-state index is -0.834. The predicted molar refractivity (Wildman–Crippen MR) is 55.8 cm³/mol. The Balaban J connectivity index is 2.30. The Hall–Kier alpha value is -1.42. The van der Waals surface area contributed by atoms with Crippen LogP contribution in [0.25, 0.3) is 11.0 Å². The van der Waals surface area contributed by atoms with E-state index in [0.717, 1.165) is 6.42 Å². The highest BCUT2D eigenvalue weighted by Crippen LogP contribution is 2.42. The number of benzene rings is 1. The molecule has 1 saturated carbocycles. The van der Waals surface area contributed by atoms with Crippen molar-refractivity contribution in [2.24, 2.45) is 5.73 Å². The summed E-state index contributed by atoms with van der Waals surface area (Å²) >= 11 is 0. The van der Waals surface area contributed by atoms with Crippen molar-refractivity contribution in [3.05, 3.63) is 35.6 Å². The maximum absolute atomic E-state index is 14.1. The highest BCUT2D eigenvalue weighted by atomic mass is 19.1. The molecule has 0 radical (unpaired) electrons. The van der Waals surface area contributed by atoms with E-state index in [2.05, 4.69) is 0 Å². The molecule has 0 spiro atoms. The Labute approximate surface area is 91.0 Å². The van der Waals surface area contributed by atoms with Gasteiger partial charge in [-0.1, -0.05) is 0 Å². The summed E-state index contributed by atoms with van der Waals surface area (Å²) < 4.78 is 32.9. The quantitative estimate of drug-likeness (QED) is 0.807. The van der Waals surface area contributed by atoms with E-state index in [0.29, 0.717) is 18.2 Å². The molecule has 1 aromatic heterocycles. The lowest BCUT2D eigenvalue weighted by molar-refractivity contribution is 0.237. The first-order chi connectivity index (χ1) is 7.62. The fraction of sp³-hybridized carbons (Fsp3) is 0.333. The minimum absolute atomic E-state index is 0.00708. The van der Waals surface area contributed by atoms with Crippen LogP contribution >= 0.6 is 0 Å². The summed E-state index contributed by atoms with van der Waals surface area (Å²) in [6, 6.07) is 2.70. The van der Waals surface area contributed by atoms with Crippen LogP contribution in [0.4, 0.5) is 8.78 Å². The summed E-state index contributed by atoms with van der Waals surface area (Å²) in [7, 11) is 0. The smallest absolute Gasteiger partial charge is 0.142 e. The first-order valence-electron chi connectivity index (χ1n) is 5.26. The first kappa shape index (κ1) is 9.78. The monoisotopic (exact) mass is 223 g/mol. The summed E-state index contributed by atoms with van der Waals surface area (Å²) in [5.41, 5.74) is 5.37. The molecule has 2 nitrogen and oxygen atoms in total. The molecule has 3 rings (SSSR count). The molecule has 2 aromatic rings. The van der Waals surface area contributed by atoms with Gasteiger partial charge in [0.05, 0.1) is 11.6 Å². The standard InChI is InChI=1S/C12H11F2NO/c13-8-6-9-7(2-5-16-9)11(14)10(8)12(15)3-1-4-12/h2,5-6H,1,3-4,15H2. The average molecular weight is 223 g/mol. The number of furan rings is 1. The summed E-state index contributed by atoms with van der Waals surface area (Å²) in [5.74, 6) is -1.19. The van der Waals surface area contributed by atoms with Gasteiger partial charge in [-0.25, -0.2) is 8.78 Å². The fourth-order valence-electron chi connectivity index (χ4n) is 2.30. The summed E-state index contributed by atoms with van der Waals surface area (Å²) in [6.45, 7) is 0. The van der Waals surface area contributed by atoms with Crippen molar-refractivity contribution in [3.63, 3.8) is 0 Å². The second-order valence-corrected chi connectivity index (χ2v) is 4.39. The SMILES string of the molecule is NC1(c2c(F)cc3occc3c2F)CCC1. The number of rotatable bonds is 1. The predicted octanol–water partition coefficient (Wildman–Crippen LogP) is 3.05. The molecule has 1 aliphatic carbocycles. The minimum Gasteiger partial charge on any atom is -0.464 e. The van der Waals surface area contributed by atoms with E-state index in [1.54, 1.807) is 0 Å². The van der Waals surface area contributed by atoms with E-state index in [9.17, 15) is 8.78 Å². The van der Waals surface area contributed by atoms with Crippen molar-refractivity contribution in [1.29, 1.82) is 0 Å². The molecule has 1 fully saturated rings. The Morgan fingerprint density at radius 2 is 2.06 bits per heavy atom. The van der Waals surface area contributed by atoms with Crippen molar-refractivity contribution < 1.29 is 13.2 Å². The lowest BCUT2D eigenvalue weighted by atomic mass is 9.72. The van der Waals surface area contributed by atoms with Crippen LogP contribution in [0.3, 0.4) is 0 Å². The number of hydrogen-bond donors (Lipinski definition) is 1. The van der Waals surface area contributed by atoms with Gasteiger partial charge in [-0.15, -0.1) is 0 Å². The van der Waals surface area contributed by atoms with Gasteiger partial charge in [0.15, 0.2) is 0 Å². The number of nitrogens with two attached hydrogens (primary N) is 1. The van der Waals surface area contributed by atoms with E-state index in [1.807, 2.05) is 0 Å². The van der Waals surface area contributed by atoms with Gasteiger partial charge in [0, 0.05) is 17.2 Å². The van der Waals surface area contributed by atoms with E-state index >= 15 is 0 Å². The highest BCUT2D eigenvalue weighted by molar-refractivity contribution is 5.79. The molecule has 16 heavy (non-hydrogen) atoms. The van der Waals surface area contributed by atoms with Gasteiger partial charge >= 0.3 is 0 Å². The molecule has 2 N–H and O–H groups in total. The van der Waals surface area contributed by atoms with Gasteiger partial charge in [-0.3, -0.25) is 0 Å². The molecule has 1 heterocycles. The van der Waals surface area contributed by atoms with Crippen LogP contribution in [0, 0.1) is 11.6 Å². The molecule has 4 heteroatoms. The normalized spacial score (nSPS) is 18.7. The topological polar surface area (TPSA) is 39.2 Å². The molecular weight excluding hydrogens is 212 g/mol. The van der Waals surface area contributed by atoms with Crippen LogP contribution in [0.15, 0.2) is 22.8 Å². The Bertz CT molecular complexity index is 557. The molecule has 1 aliphatic rings. The average Bonchev–Trinajstić information content (AvgIpc) is 2.63. The lowest BCUT2D eigenvalue weighted by Crippen LogP contribution is -2.44. The van der Waals surface area contributed by atoms with Crippen molar-refractivity contribution in [3.8, 4) is 0 Å². The van der Waals surface area contributed by atoms with Crippen LogP contribution in [0.2, 0.25) is 0 Å². The number of hydrogen-bond acceptors (Lipinski definition) is 2. The van der Waals surface area contributed by atoms with E-state index in [4.69, 9.17) is 10.2 Å². The maximum atomic E-state index is 14.1. The Kier molecular flexibility index (Phi) is 1.86. The molecule has 0 unspecified atom stereocenters. The first-order valence-corrected chi connectivity index (χ1v) is 5.26. The van der Waals surface area contributed by atoms with Gasteiger partial charge < -0.3 is 10.2 Å². The molecule has 84 valence electrons. The van der Waals surface area contributed by atoms with Gasteiger partial charge in [0.1, 0.15) is 17.2 Å². The van der Waals surface area contributed by atoms with Crippen LogP contribution in [-0.2, 0) is 5.54 Å². The number of fused-ring (bicyclic) bond motifs is 1. The molecular formula is C12H11F2NO. The third kappa shape index (κ3) is 1.13.